The first kappa shape index (κ1) is 30.3. The first-order valence-electron chi connectivity index (χ1n) is 14.1. The molecule has 226 valence electrons. The topological polar surface area (TPSA) is 147 Å². The zero-order valence-corrected chi connectivity index (χ0v) is 24.9. The average molecular weight is 612 g/mol. The van der Waals surface area contributed by atoms with Crippen molar-refractivity contribution in [2.24, 2.45) is 5.73 Å². The predicted octanol–water partition coefficient (Wildman–Crippen LogP) is 4.23. The van der Waals surface area contributed by atoms with E-state index in [4.69, 9.17) is 20.6 Å². The maximum absolute atomic E-state index is 13.4. The van der Waals surface area contributed by atoms with Crippen LogP contribution in [-0.4, -0.2) is 53.7 Å². The Kier molecular flexibility index (Phi) is 9.56. The first-order valence-corrected chi connectivity index (χ1v) is 15.0. The summed E-state index contributed by atoms with van der Waals surface area (Å²) in [6.07, 6.45) is -0.110. The predicted molar refractivity (Wildman–Crippen MR) is 168 cm³/mol. The highest BCUT2D eigenvalue weighted by atomic mass is 32.1. The maximum Gasteiger partial charge on any atom is 0.251 e. The van der Waals surface area contributed by atoms with Crippen molar-refractivity contribution >= 4 is 34.9 Å². The van der Waals surface area contributed by atoms with Crippen molar-refractivity contribution in [3.05, 3.63) is 112 Å². The molecule has 3 aromatic carbocycles. The van der Waals surface area contributed by atoms with Gasteiger partial charge in [-0.25, -0.2) is 0 Å². The molecule has 0 radical (unpaired) electrons. The van der Waals surface area contributed by atoms with E-state index >= 15 is 0 Å². The van der Waals surface area contributed by atoms with Gasteiger partial charge < -0.3 is 30.7 Å². The monoisotopic (exact) mass is 611 g/mol. The number of carbonyl (C=O) groups excluding carboxylic acids is 3. The Balaban J connectivity index is 1.21. The van der Waals surface area contributed by atoms with E-state index in [1.165, 1.54) is 16.2 Å². The van der Waals surface area contributed by atoms with Crippen LogP contribution < -0.4 is 25.8 Å². The van der Waals surface area contributed by atoms with E-state index in [0.717, 1.165) is 10.4 Å². The van der Waals surface area contributed by atoms with Crippen molar-refractivity contribution in [3.63, 3.8) is 0 Å². The summed E-state index contributed by atoms with van der Waals surface area (Å²) in [6, 6.07) is 24.5. The SMILES string of the molecule is Cc1ccccc1OC1CC(C(=O)NCc2cc(C(=N)N)cs2)N(C(=O)CNC(=O)c2ccc(Oc3ccccc3)cc2)C1. The molecule has 0 aliphatic carbocycles. The van der Waals surface area contributed by atoms with Gasteiger partial charge in [-0.3, -0.25) is 19.8 Å². The minimum atomic E-state index is -0.782. The molecule has 0 bridgehead atoms. The minimum absolute atomic E-state index is 0.0407. The molecule has 4 aromatic rings. The zero-order valence-electron chi connectivity index (χ0n) is 24.1. The Morgan fingerprint density at radius 1 is 0.955 bits per heavy atom. The molecule has 44 heavy (non-hydrogen) atoms. The number of amidine groups is 1. The van der Waals surface area contributed by atoms with Gasteiger partial charge in [-0.05, 0) is 61.0 Å². The summed E-state index contributed by atoms with van der Waals surface area (Å²) in [7, 11) is 0. The Hall–Kier alpha value is -5.16. The second-order valence-corrected chi connectivity index (χ2v) is 11.4. The highest BCUT2D eigenvalue weighted by Crippen LogP contribution is 2.26. The van der Waals surface area contributed by atoms with E-state index in [2.05, 4.69) is 10.6 Å². The number of nitrogen functional groups attached to an aromatic ring is 1. The number of amides is 3. The average Bonchev–Trinajstić information content (AvgIpc) is 3.69. The Bertz CT molecular complexity index is 1640. The van der Waals surface area contributed by atoms with E-state index in [1.807, 2.05) is 61.5 Å². The molecule has 1 aliphatic rings. The summed E-state index contributed by atoms with van der Waals surface area (Å²) in [5.41, 5.74) is 7.47. The van der Waals surface area contributed by atoms with E-state index < -0.39 is 24.0 Å². The molecule has 5 rings (SSSR count). The number of ether oxygens (including phenoxy) is 2. The third kappa shape index (κ3) is 7.61. The van der Waals surface area contributed by atoms with Crippen LogP contribution in [0.2, 0.25) is 0 Å². The zero-order chi connectivity index (χ0) is 31.1. The van der Waals surface area contributed by atoms with Gasteiger partial charge >= 0.3 is 0 Å². The minimum Gasteiger partial charge on any atom is -0.488 e. The fourth-order valence-corrected chi connectivity index (χ4v) is 5.66. The van der Waals surface area contributed by atoms with E-state index in [0.29, 0.717) is 34.8 Å². The van der Waals surface area contributed by atoms with Crippen LogP contribution in [0.1, 0.15) is 32.8 Å². The molecule has 10 nitrogen and oxygen atoms in total. The van der Waals surface area contributed by atoms with Crippen LogP contribution in [0.25, 0.3) is 0 Å². The van der Waals surface area contributed by atoms with Gasteiger partial charge in [0.2, 0.25) is 11.8 Å². The number of aryl methyl sites for hydroxylation is 1. The van der Waals surface area contributed by atoms with Crippen molar-refractivity contribution in [1.29, 1.82) is 5.41 Å². The number of hydrogen-bond acceptors (Lipinski definition) is 7. The molecule has 0 saturated carbocycles. The van der Waals surface area contributed by atoms with Crippen LogP contribution in [0.5, 0.6) is 17.2 Å². The van der Waals surface area contributed by atoms with Crippen LogP contribution in [-0.2, 0) is 16.1 Å². The van der Waals surface area contributed by atoms with Gasteiger partial charge in [-0.1, -0.05) is 36.4 Å². The van der Waals surface area contributed by atoms with Crippen LogP contribution in [0, 0.1) is 12.3 Å². The van der Waals surface area contributed by atoms with Gasteiger partial charge in [-0.2, -0.15) is 0 Å². The third-order valence-corrected chi connectivity index (χ3v) is 8.11. The standard InChI is InChI=1S/C33H33N5O5S/c1-21-7-5-6-10-29(21)43-26-16-28(33(41)36-17-27-15-23(20-44-27)31(34)35)38(19-26)30(39)18-37-32(40)22-11-13-25(14-12-22)42-24-8-3-2-4-9-24/h2-15,20,26,28H,16-19H2,1H3,(H3,34,35)(H,36,41)(H,37,40). The number of hydrogen-bond donors (Lipinski definition) is 4. The molecule has 2 heterocycles. The lowest BCUT2D eigenvalue weighted by atomic mass is 10.1. The van der Waals surface area contributed by atoms with Crippen LogP contribution >= 0.6 is 11.3 Å². The molecule has 11 heteroatoms. The van der Waals surface area contributed by atoms with Gasteiger partial charge in [0, 0.05) is 27.8 Å². The third-order valence-electron chi connectivity index (χ3n) is 7.17. The Morgan fingerprint density at radius 3 is 2.36 bits per heavy atom. The second-order valence-electron chi connectivity index (χ2n) is 10.4. The number of benzene rings is 3. The number of nitrogens with two attached hydrogens (primary N) is 1. The number of rotatable bonds is 11. The summed E-state index contributed by atoms with van der Waals surface area (Å²) in [6.45, 7) is 2.08. The second kappa shape index (κ2) is 13.9. The number of para-hydroxylation sites is 2. The molecular formula is C33H33N5O5S. The lowest BCUT2D eigenvalue weighted by Crippen LogP contribution is -2.48. The molecule has 1 aliphatic heterocycles. The van der Waals surface area contributed by atoms with Crippen molar-refractivity contribution in [2.75, 3.05) is 13.1 Å². The number of carbonyl (C=O) groups is 3. The summed E-state index contributed by atoms with van der Waals surface area (Å²) >= 11 is 1.39. The van der Waals surface area contributed by atoms with Crippen LogP contribution in [0.4, 0.5) is 0 Å². The number of nitrogens with zero attached hydrogens (tertiary/aromatic N) is 1. The quantitative estimate of drug-likeness (QED) is 0.148. The maximum atomic E-state index is 13.4. The molecule has 1 aromatic heterocycles. The Morgan fingerprint density at radius 2 is 1.66 bits per heavy atom. The van der Waals surface area contributed by atoms with E-state index in [-0.39, 0.29) is 31.4 Å². The summed E-state index contributed by atoms with van der Waals surface area (Å²) in [4.78, 5) is 41.9. The van der Waals surface area contributed by atoms with Gasteiger partial charge in [0.05, 0.1) is 19.6 Å². The van der Waals surface area contributed by atoms with Crippen molar-refractivity contribution in [2.45, 2.75) is 32.0 Å². The highest BCUT2D eigenvalue weighted by Gasteiger charge is 2.40. The molecule has 2 unspecified atom stereocenters. The summed E-state index contributed by atoms with van der Waals surface area (Å²) in [5.74, 6) is 0.766. The fraction of sp³-hybridized carbons (Fsp3) is 0.212. The largest absolute Gasteiger partial charge is 0.488 e. The summed E-state index contributed by atoms with van der Waals surface area (Å²) in [5, 5.41) is 14.9. The van der Waals surface area contributed by atoms with Gasteiger partial charge in [-0.15, -0.1) is 11.3 Å². The molecule has 5 N–H and O–H groups in total. The number of thiophene rings is 1. The molecule has 0 spiro atoms. The van der Waals surface area contributed by atoms with Crippen molar-refractivity contribution in [3.8, 4) is 17.2 Å². The summed E-state index contributed by atoms with van der Waals surface area (Å²) < 4.78 is 12.0. The molecule has 1 saturated heterocycles. The van der Waals surface area contributed by atoms with Gasteiger partial charge in [0.15, 0.2) is 0 Å². The van der Waals surface area contributed by atoms with E-state index in [9.17, 15) is 14.4 Å². The molecule has 2 atom stereocenters. The molecule has 3 amide bonds. The molecular weight excluding hydrogens is 578 g/mol. The Labute approximate surface area is 259 Å². The lowest BCUT2D eigenvalue weighted by molar-refractivity contribution is -0.137. The lowest BCUT2D eigenvalue weighted by Gasteiger charge is -2.23. The van der Waals surface area contributed by atoms with Crippen LogP contribution in [0.15, 0.2) is 90.3 Å². The smallest absolute Gasteiger partial charge is 0.251 e. The van der Waals surface area contributed by atoms with Crippen molar-refractivity contribution < 1.29 is 23.9 Å². The van der Waals surface area contributed by atoms with Gasteiger partial charge in [0.1, 0.15) is 35.2 Å². The first-order chi connectivity index (χ1) is 21.3. The van der Waals surface area contributed by atoms with E-state index in [1.54, 1.807) is 35.7 Å². The molecule has 1 fully saturated rings. The normalized spacial score (nSPS) is 15.8. The number of nitrogens with one attached hydrogen (secondary N) is 3. The highest BCUT2D eigenvalue weighted by molar-refractivity contribution is 7.10. The van der Waals surface area contributed by atoms with Crippen LogP contribution in [0.3, 0.4) is 0 Å². The number of likely N-dealkylation sites (tertiary alicyclic amines) is 1. The van der Waals surface area contributed by atoms with Crippen molar-refractivity contribution in [1.82, 2.24) is 15.5 Å². The van der Waals surface area contributed by atoms with Gasteiger partial charge in [0.25, 0.3) is 5.91 Å². The fourth-order valence-electron chi connectivity index (χ4n) is 4.84.